The van der Waals surface area contributed by atoms with Gasteiger partial charge in [-0.05, 0) is 85.8 Å². The Kier molecular flexibility index (Phi) is 5.95. The van der Waals surface area contributed by atoms with Gasteiger partial charge in [0, 0.05) is 11.1 Å². The zero-order valence-corrected chi connectivity index (χ0v) is 19.3. The molecule has 0 N–H and O–H groups in total. The van der Waals surface area contributed by atoms with Crippen LogP contribution in [0, 0.1) is 27.7 Å². The lowest BCUT2D eigenvalue weighted by Crippen LogP contribution is -2.05. The van der Waals surface area contributed by atoms with Gasteiger partial charge in [-0.25, -0.2) is 4.79 Å². The van der Waals surface area contributed by atoms with Crippen LogP contribution in [0.4, 0.5) is 0 Å². The summed E-state index contributed by atoms with van der Waals surface area (Å²) in [5, 5.41) is 4.97. The Morgan fingerprint density at radius 3 is 1.97 bits per heavy atom. The van der Waals surface area contributed by atoms with Crippen molar-refractivity contribution < 1.29 is 9.53 Å². The first-order chi connectivity index (χ1) is 15.4. The van der Waals surface area contributed by atoms with Gasteiger partial charge in [0.15, 0.2) is 0 Å². The monoisotopic (exact) mass is 424 g/mol. The molecule has 0 aliphatic rings. The van der Waals surface area contributed by atoms with Crippen LogP contribution in [0.2, 0.25) is 0 Å². The summed E-state index contributed by atoms with van der Waals surface area (Å²) in [6.45, 7) is 9.11. The number of hydrogen-bond acceptors (Lipinski definition) is 3. The fourth-order valence-electron chi connectivity index (χ4n) is 3.75. The molecule has 4 rings (SSSR count). The third kappa shape index (κ3) is 4.35. The Labute approximate surface area is 189 Å². The second kappa shape index (κ2) is 8.83. The Bertz CT molecular complexity index is 1280. The molecule has 1 heterocycles. The fourth-order valence-corrected chi connectivity index (χ4v) is 3.75. The van der Waals surface area contributed by atoms with Crippen molar-refractivity contribution in [2.45, 2.75) is 34.2 Å². The van der Waals surface area contributed by atoms with Gasteiger partial charge in [-0.3, -0.25) is 4.68 Å². The number of benzene rings is 3. The van der Waals surface area contributed by atoms with Gasteiger partial charge >= 0.3 is 5.97 Å². The third-order valence-electron chi connectivity index (χ3n) is 6.09. The molecule has 0 saturated heterocycles. The van der Waals surface area contributed by atoms with Crippen LogP contribution in [0.5, 0.6) is 0 Å². The van der Waals surface area contributed by atoms with E-state index in [-0.39, 0.29) is 5.97 Å². The molecule has 1 aromatic heterocycles. The second-order valence-corrected chi connectivity index (χ2v) is 8.36. The number of methoxy groups -OCH3 is 1. The van der Waals surface area contributed by atoms with Crippen LogP contribution in [0.25, 0.3) is 22.5 Å². The van der Waals surface area contributed by atoms with E-state index < -0.39 is 0 Å². The van der Waals surface area contributed by atoms with E-state index in [0.717, 1.165) is 28.1 Å². The topological polar surface area (TPSA) is 44.1 Å². The number of ether oxygens (including phenoxy) is 1. The van der Waals surface area contributed by atoms with Crippen molar-refractivity contribution in [2.75, 3.05) is 7.11 Å². The molecule has 0 aliphatic heterocycles. The maximum atomic E-state index is 11.8. The summed E-state index contributed by atoms with van der Waals surface area (Å²) in [5.74, 6) is -0.330. The van der Waals surface area contributed by atoms with E-state index in [2.05, 4.69) is 70.2 Å². The largest absolute Gasteiger partial charge is 0.465 e. The van der Waals surface area contributed by atoms with Crippen LogP contribution in [-0.2, 0) is 11.3 Å². The molecule has 4 aromatic rings. The highest BCUT2D eigenvalue weighted by Crippen LogP contribution is 2.29. The number of aryl methyl sites for hydroxylation is 4. The Morgan fingerprint density at radius 2 is 1.38 bits per heavy atom. The summed E-state index contributed by atoms with van der Waals surface area (Å²) in [7, 11) is 1.39. The van der Waals surface area contributed by atoms with Crippen molar-refractivity contribution in [3.05, 3.63) is 100 Å². The van der Waals surface area contributed by atoms with Crippen molar-refractivity contribution in [1.29, 1.82) is 0 Å². The minimum absolute atomic E-state index is 0.330. The van der Waals surface area contributed by atoms with Crippen molar-refractivity contribution in [3.63, 3.8) is 0 Å². The summed E-state index contributed by atoms with van der Waals surface area (Å²) < 4.78 is 6.85. The molecule has 0 spiro atoms. The quantitative estimate of drug-likeness (QED) is 0.354. The molecule has 0 unspecified atom stereocenters. The van der Waals surface area contributed by atoms with E-state index in [4.69, 9.17) is 9.84 Å². The highest BCUT2D eigenvalue weighted by Gasteiger charge is 2.14. The average molecular weight is 425 g/mol. The van der Waals surface area contributed by atoms with Crippen LogP contribution in [0.15, 0.2) is 66.7 Å². The van der Waals surface area contributed by atoms with Gasteiger partial charge in [0.05, 0.1) is 30.6 Å². The van der Waals surface area contributed by atoms with Gasteiger partial charge in [0.25, 0.3) is 0 Å². The molecule has 32 heavy (non-hydrogen) atoms. The highest BCUT2D eigenvalue weighted by molar-refractivity contribution is 5.89. The van der Waals surface area contributed by atoms with Gasteiger partial charge in [-0.2, -0.15) is 5.10 Å². The Hall–Kier alpha value is -3.66. The molecular formula is C28H28N2O2. The number of hydrogen-bond donors (Lipinski definition) is 0. The molecule has 3 aromatic carbocycles. The number of carbonyl (C=O) groups is 1. The number of esters is 1. The predicted molar refractivity (Wildman–Crippen MR) is 129 cm³/mol. The number of rotatable bonds is 5. The van der Waals surface area contributed by atoms with Gasteiger partial charge < -0.3 is 4.74 Å². The lowest BCUT2D eigenvalue weighted by molar-refractivity contribution is 0.0600. The van der Waals surface area contributed by atoms with Crippen LogP contribution in [-0.4, -0.2) is 22.9 Å². The lowest BCUT2D eigenvalue weighted by atomic mass is 10.0. The first-order valence-electron chi connectivity index (χ1n) is 10.8. The van der Waals surface area contributed by atoms with Gasteiger partial charge in [0.2, 0.25) is 0 Å². The summed E-state index contributed by atoms with van der Waals surface area (Å²) in [5.41, 5.74) is 10.9. The first-order valence-corrected chi connectivity index (χ1v) is 10.8. The van der Waals surface area contributed by atoms with Crippen LogP contribution in [0.1, 0.15) is 38.2 Å². The SMILES string of the molecule is COC(=O)c1ccc(Cn2nc(-c3ccc(C)c(C)c3)cc2-c2ccc(C)c(C)c2)cc1. The van der Waals surface area contributed by atoms with Crippen molar-refractivity contribution in [1.82, 2.24) is 9.78 Å². The standard InChI is InChI=1S/C28H28N2O2/c1-18-6-10-24(14-20(18)3)26-16-27(25-11-7-19(2)21(4)15-25)30(29-26)17-22-8-12-23(13-9-22)28(31)32-5/h6-16H,17H2,1-5H3. The van der Waals surface area contributed by atoms with Crippen LogP contribution < -0.4 is 0 Å². The molecule has 0 fully saturated rings. The van der Waals surface area contributed by atoms with Crippen LogP contribution in [0.3, 0.4) is 0 Å². The van der Waals surface area contributed by atoms with E-state index >= 15 is 0 Å². The molecular weight excluding hydrogens is 396 g/mol. The molecule has 0 radical (unpaired) electrons. The molecule has 4 nitrogen and oxygen atoms in total. The first kappa shape index (κ1) is 21.6. The van der Waals surface area contributed by atoms with Gasteiger partial charge in [-0.15, -0.1) is 0 Å². The van der Waals surface area contributed by atoms with Crippen molar-refractivity contribution in [2.24, 2.45) is 0 Å². The molecule has 0 saturated carbocycles. The molecule has 0 bridgehead atoms. The maximum Gasteiger partial charge on any atom is 0.337 e. The maximum absolute atomic E-state index is 11.8. The third-order valence-corrected chi connectivity index (χ3v) is 6.09. The lowest BCUT2D eigenvalue weighted by Gasteiger charge is -2.10. The van der Waals surface area contributed by atoms with E-state index in [1.807, 2.05) is 16.8 Å². The molecule has 162 valence electrons. The molecule has 0 amide bonds. The average Bonchev–Trinajstić information content (AvgIpc) is 3.21. The van der Waals surface area contributed by atoms with Crippen molar-refractivity contribution in [3.8, 4) is 22.5 Å². The minimum Gasteiger partial charge on any atom is -0.465 e. The zero-order chi connectivity index (χ0) is 22.8. The normalized spacial score (nSPS) is 10.9. The number of carbonyl (C=O) groups excluding carboxylic acids is 1. The second-order valence-electron chi connectivity index (χ2n) is 8.36. The van der Waals surface area contributed by atoms with E-state index in [1.165, 1.54) is 29.4 Å². The zero-order valence-electron chi connectivity index (χ0n) is 19.3. The summed E-state index contributed by atoms with van der Waals surface area (Å²) in [4.78, 5) is 11.8. The predicted octanol–water partition coefficient (Wildman–Crippen LogP) is 6.29. The van der Waals surface area contributed by atoms with E-state index in [1.54, 1.807) is 12.1 Å². The number of aromatic nitrogens is 2. The van der Waals surface area contributed by atoms with E-state index in [0.29, 0.717) is 12.1 Å². The molecule has 0 atom stereocenters. The van der Waals surface area contributed by atoms with Gasteiger partial charge in [-0.1, -0.05) is 36.4 Å². The smallest absolute Gasteiger partial charge is 0.337 e. The van der Waals surface area contributed by atoms with Gasteiger partial charge in [0.1, 0.15) is 0 Å². The molecule has 0 aliphatic carbocycles. The minimum atomic E-state index is -0.330. The summed E-state index contributed by atoms with van der Waals surface area (Å²) in [6, 6.07) is 22.6. The van der Waals surface area contributed by atoms with Crippen LogP contribution >= 0.6 is 0 Å². The Balaban J connectivity index is 1.76. The fraction of sp³-hybridized carbons (Fsp3) is 0.214. The number of nitrogens with zero attached hydrogens (tertiary/aromatic N) is 2. The summed E-state index contributed by atoms with van der Waals surface area (Å²) in [6.07, 6.45) is 0. The molecule has 4 heteroatoms. The van der Waals surface area contributed by atoms with E-state index in [9.17, 15) is 4.79 Å². The highest BCUT2D eigenvalue weighted by atomic mass is 16.5. The Morgan fingerprint density at radius 1 is 0.781 bits per heavy atom. The summed E-state index contributed by atoms with van der Waals surface area (Å²) >= 11 is 0. The van der Waals surface area contributed by atoms with Crippen molar-refractivity contribution >= 4 is 5.97 Å².